The van der Waals surface area contributed by atoms with Crippen LogP contribution in [0.15, 0.2) is 36.4 Å². The largest absolute Gasteiger partial charge is 0.493 e. The third-order valence-electron chi connectivity index (χ3n) is 3.60. The molecule has 4 heteroatoms. The van der Waals surface area contributed by atoms with E-state index in [9.17, 15) is 4.79 Å². The smallest absolute Gasteiger partial charge is 0.255 e. The maximum Gasteiger partial charge on any atom is 0.255 e. The van der Waals surface area contributed by atoms with Gasteiger partial charge >= 0.3 is 0 Å². The second kappa shape index (κ2) is 6.98. The zero-order chi connectivity index (χ0) is 16.1. The molecule has 4 nitrogen and oxygen atoms in total. The van der Waals surface area contributed by atoms with E-state index < -0.39 is 0 Å². The van der Waals surface area contributed by atoms with E-state index >= 15 is 0 Å². The van der Waals surface area contributed by atoms with Crippen LogP contribution in [0.4, 0.5) is 5.69 Å². The number of hydrogen-bond donors (Lipinski definition) is 1. The highest BCUT2D eigenvalue weighted by Gasteiger charge is 2.12. The van der Waals surface area contributed by atoms with E-state index in [0.717, 1.165) is 12.0 Å². The summed E-state index contributed by atoms with van der Waals surface area (Å²) in [7, 11) is 3.16. The van der Waals surface area contributed by atoms with Gasteiger partial charge in [-0.25, -0.2) is 0 Å². The van der Waals surface area contributed by atoms with Gasteiger partial charge in [0.05, 0.1) is 14.2 Å². The zero-order valence-electron chi connectivity index (χ0n) is 13.4. The molecule has 0 radical (unpaired) electrons. The average Bonchev–Trinajstić information content (AvgIpc) is 2.56. The first-order chi connectivity index (χ1) is 10.6. The fraction of sp³-hybridized carbons (Fsp3) is 0.278. The molecule has 0 aromatic heterocycles. The number of nitrogens with one attached hydrogen (secondary N) is 1. The van der Waals surface area contributed by atoms with Crippen LogP contribution in [0.2, 0.25) is 0 Å². The molecular formula is C18H21NO3. The van der Waals surface area contributed by atoms with Gasteiger partial charge in [0.25, 0.3) is 5.91 Å². The second-order valence-corrected chi connectivity index (χ2v) is 5.03. The van der Waals surface area contributed by atoms with Crippen molar-refractivity contribution in [1.29, 1.82) is 0 Å². The van der Waals surface area contributed by atoms with Crippen LogP contribution in [0.5, 0.6) is 11.5 Å². The molecule has 0 saturated heterocycles. The van der Waals surface area contributed by atoms with Gasteiger partial charge in [-0.05, 0) is 42.7 Å². The number of anilines is 1. The molecule has 0 aliphatic heterocycles. The van der Waals surface area contributed by atoms with Crippen LogP contribution in [0.3, 0.4) is 0 Å². The quantitative estimate of drug-likeness (QED) is 0.913. The minimum atomic E-state index is -0.141. The summed E-state index contributed by atoms with van der Waals surface area (Å²) in [4.78, 5) is 12.3. The number of hydrogen-bond acceptors (Lipinski definition) is 3. The molecule has 0 saturated carbocycles. The molecule has 22 heavy (non-hydrogen) atoms. The lowest BCUT2D eigenvalue weighted by atomic mass is 10.1. The standard InChI is InChI=1S/C18H21NO3/c1-5-13-6-8-14(9-7-13)18(20)19-15-11-17(22-4)16(21-3)10-12(15)2/h6-11H,5H2,1-4H3,(H,19,20). The highest BCUT2D eigenvalue weighted by molar-refractivity contribution is 6.04. The number of carbonyl (C=O) groups is 1. The van der Waals surface area contributed by atoms with Gasteiger partial charge < -0.3 is 14.8 Å². The van der Waals surface area contributed by atoms with E-state index in [1.165, 1.54) is 5.56 Å². The fourth-order valence-electron chi connectivity index (χ4n) is 2.20. The summed E-state index contributed by atoms with van der Waals surface area (Å²) in [6.45, 7) is 4.00. The third kappa shape index (κ3) is 3.39. The molecular weight excluding hydrogens is 278 g/mol. The van der Waals surface area contributed by atoms with E-state index in [-0.39, 0.29) is 5.91 Å². The lowest BCUT2D eigenvalue weighted by Crippen LogP contribution is -2.13. The van der Waals surface area contributed by atoms with Gasteiger partial charge in [-0.2, -0.15) is 0 Å². The normalized spacial score (nSPS) is 10.2. The molecule has 2 aromatic carbocycles. The highest BCUT2D eigenvalue weighted by atomic mass is 16.5. The van der Waals surface area contributed by atoms with Gasteiger partial charge in [0.2, 0.25) is 0 Å². The molecule has 1 N–H and O–H groups in total. The molecule has 2 aromatic rings. The van der Waals surface area contributed by atoms with Crippen molar-refractivity contribution in [3.63, 3.8) is 0 Å². The van der Waals surface area contributed by atoms with Gasteiger partial charge in [-0.3, -0.25) is 4.79 Å². The molecule has 0 aliphatic carbocycles. The Morgan fingerprint density at radius 1 is 1.05 bits per heavy atom. The zero-order valence-corrected chi connectivity index (χ0v) is 13.4. The number of ether oxygens (including phenoxy) is 2. The average molecular weight is 299 g/mol. The lowest BCUT2D eigenvalue weighted by Gasteiger charge is -2.13. The summed E-state index contributed by atoms with van der Waals surface area (Å²) < 4.78 is 10.5. The summed E-state index contributed by atoms with van der Waals surface area (Å²) in [5.74, 6) is 1.09. The second-order valence-electron chi connectivity index (χ2n) is 5.03. The number of rotatable bonds is 5. The number of benzene rings is 2. The molecule has 0 unspecified atom stereocenters. The molecule has 0 heterocycles. The lowest BCUT2D eigenvalue weighted by molar-refractivity contribution is 0.102. The van der Waals surface area contributed by atoms with E-state index in [2.05, 4.69) is 12.2 Å². The molecule has 0 spiro atoms. The van der Waals surface area contributed by atoms with Crippen LogP contribution in [-0.2, 0) is 6.42 Å². The molecule has 116 valence electrons. The molecule has 0 atom stereocenters. The van der Waals surface area contributed by atoms with Crippen molar-refractivity contribution in [3.8, 4) is 11.5 Å². The van der Waals surface area contributed by atoms with E-state index in [1.54, 1.807) is 20.3 Å². The summed E-state index contributed by atoms with van der Waals surface area (Å²) in [5, 5.41) is 2.92. The van der Waals surface area contributed by atoms with Crippen LogP contribution in [-0.4, -0.2) is 20.1 Å². The van der Waals surface area contributed by atoms with Gasteiger partial charge in [-0.15, -0.1) is 0 Å². The van der Waals surface area contributed by atoms with Crippen LogP contribution >= 0.6 is 0 Å². The maximum absolute atomic E-state index is 12.3. The van der Waals surface area contributed by atoms with Crippen LogP contribution < -0.4 is 14.8 Å². The minimum absolute atomic E-state index is 0.141. The van der Waals surface area contributed by atoms with Crippen molar-refractivity contribution in [1.82, 2.24) is 0 Å². The van der Waals surface area contributed by atoms with Crippen LogP contribution in [0.1, 0.15) is 28.4 Å². The molecule has 0 fully saturated rings. The van der Waals surface area contributed by atoms with Crippen molar-refractivity contribution in [3.05, 3.63) is 53.1 Å². The van der Waals surface area contributed by atoms with Crippen molar-refractivity contribution < 1.29 is 14.3 Å². The number of aryl methyl sites for hydroxylation is 2. The first-order valence-electron chi connectivity index (χ1n) is 7.22. The Bertz CT molecular complexity index is 663. The van der Waals surface area contributed by atoms with E-state index in [0.29, 0.717) is 22.7 Å². The first kappa shape index (κ1) is 15.9. The summed E-state index contributed by atoms with van der Waals surface area (Å²) in [5.41, 5.74) is 3.46. The number of amides is 1. The Labute approximate surface area is 131 Å². The van der Waals surface area contributed by atoms with Crippen molar-refractivity contribution in [2.24, 2.45) is 0 Å². The Balaban J connectivity index is 2.23. The predicted octanol–water partition coefficient (Wildman–Crippen LogP) is 3.83. The molecule has 2 rings (SSSR count). The van der Waals surface area contributed by atoms with Crippen molar-refractivity contribution in [2.45, 2.75) is 20.3 Å². The molecule has 0 aliphatic rings. The van der Waals surface area contributed by atoms with Crippen LogP contribution in [0.25, 0.3) is 0 Å². The topological polar surface area (TPSA) is 47.6 Å². The Kier molecular flexibility index (Phi) is 5.04. The first-order valence-corrected chi connectivity index (χ1v) is 7.22. The molecule has 1 amide bonds. The number of carbonyl (C=O) groups excluding carboxylic acids is 1. The fourth-order valence-corrected chi connectivity index (χ4v) is 2.20. The minimum Gasteiger partial charge on any atom is -0.493 e. The maximum atomic E-state index is 12.3. The Morgan fingerprint density at radius 2 is 1.64 bits per heavy atom. The molecule has 0 bridgehead atoms. The highest BCUT2D eigenvalue weighted by Crippen LogP contribution is 2.33. The van der Waals surface area contributed by atoms with Crippen molar-refractivity contribution in [2.75, 3.05) is 19.5 Å². The summed E-state index contributed by atoms with van der Waals surface area (Å²) in [6.07, 6.45) is 0.955. The Morgan fingerprint density at radius 3 is 2.18 bits per heavy atom. The monoisotopic (exact) mass is 299 g/mol. The van der Waals surface area contributed by atoms with Crippen LogP contribution in [0, 0.1) is 6.92 Å². The van der Waals surface area contributed by atoms with Gasteiger partial charge in [0.1, 0.15) is 0 Å². The van der Waals surface area contributed by atoms with Crippen molar-refractivity contribution >= 4 is 11.6 Å². The van der Waals surface area contributed by atoms with Gasteiger partial charge in [0.15, 0.2) is 11.5 Å². The van der Waals surface area contributed by atoms with E-state index in [1.807, 2.05) is 37.3 Å². The summed E-state index contributed by atoms with van der Waals surface area (Å²) >= 11 is 0. The van der Waals surface area contributed by atoms with E-state index in [4.69, 9.17) is 9.47 Å². The van der Waals surface area contributed by atoms with Gasteiger partial charge in [-0.1, -0.05) is 19.1 Å². The summed E-state index contributed by atoms with van der Waals surface area (Å²) in [6, 6.07) is 11.2. The SMILES string of the molecule is CCc1ccc(C(=O)Nc2cc(OC)c(OC)cc2C)cc1. The third-order valence-corrected chi connectivity index (χ3v) is 3.60. The predicted molar refractivity (Wildman–Crippen MR) is 88.1 cm³/mol. The Hall–Kier alpha value is -2.49. The van der Waals surface area contributed by atoms with Gasteiger partial charge in [0, 0.05) is 17.3 Å². The number of methoxy groups -OCH3 is 2.